The summed E-state index contributed by atoms with van der Waals surface area (Å²) in [5.41, 5.74) is 1.11. The first kappa shape index (κ1) is 26.3. The molecule has 0 unspecified atom stereocenters. The molecule has 2 saturated carbocycles. The number of hydrogen-bond donors (Lipinski definition) is 2. The monoisotopic (exact) mass is 513 g/mol. The molecule has 37 heavy (non-hydrogen) atoms. The van der Waals surface area contributed by atoms with E-state index in [1.807, 2.05) is 18.2 Å². The van der Waals surface area contributed by atoms with E-state index in [1.54, 1.807) is 0 Å². The van der Waals surface area contributed by atoms with Crippen molar-refractivity contribution in [1.29, 1.82) is 0 Å². The van der Waals surface area contributed by atoms with Crippen LogP contribution in [0.15, 0.2) is 48.5 Å². The predicted molar refractivity (Wildman–Crippen MR) is 135 cm³/mol. The van der Waals surface area contributed by atoms with E-state index >= 15 is 0 Å². The second-order valence-corrected chi connectivity index (χ2v) is 11.7. The zero-order chi connectivity index (χ0) is 26.2. The molecule has 3 fully saturated rings. The molecule has 7 atom stereocenters. The molecule has 1 saturated heterocycles. The SMILES string of the molecule is C[C@@]12CO[C@@H](Cc3ccccc3)O[C@@H]1CC[C@]1(C)[C@H]2CC[C@@H](O)[C@H]1CC(=O)NCc1cc(F)cc(F)c1. The lowest BCUT2D eigenvalue weighted by Crippen LogP contribution is -2.63. The highest BCUT2D eigenvalue weighted by Gasteiger charge is 2.61. The molecule has 5 rings (SSSR count). The van der Waals surface area contributed by atoms with Crippen LogP contribution >= 0.6 is 0 Å². The summed E-state index contributed by atoms with van der Waals surface area (Å²) in [5, 5.41) is 13.8. The number of hydrogen-bond acceptors (Lipinski definition) is 4. The Balaban J connectivity index is 1.25. The predicted octanol–water partition coefficient (Wildman–Crippen LogP) is 5.15. The van der Waals surface area contributed by atoms with E-state index in [9.17, 15) is 18.7 Å². The number of fused-ring (bicyclic) bond motifs is 3. The van der Waals surface area contributed by atoms with E-state index in [1.165, 1.54) is 17.7 Å². The molecule has 7 heteroatoms. The van der Waals surface area contributed by atoms with Crippen LogP contribution in [0.3, 0.4) is 0 Å². The van der Waals surface area contributed by atoms with Gasteiger partial charge in [-0.2, -0.15) is 0 Å². The summed E-state index contributed by atoms with van der Waals surface area (Å²) in [5.74, 6) is -1.53. The van der Waals surface area contributed by atoms with Crippen molar-refractivity contribution in [2.45, 2.75) is 77.4 Å². The average molecular weight is 514 g/mol. The summed E-state index contributed by atoms with van der Waals surface area (Å²) in [4.78, 5) is 12.9. The minimum absolute atomic E-state index is 0.0424. The molecule has 1 heterocycles. The molecular formula is C30H37F2NO4. The molecular weight excluding hydrogens is 476 g/mol. The molecule has 3 aliphatic rings. The lowest BCUT2D eigenvalue weighted by molar-refractivity contribution is -0.308. The summed E-state index contributed by atoms with van der Waals surface area (Å²) in [7, 11) is 0. The van der Waals surface area contributed by atoms with Crippen molar-refractivity contribution >= 4 is 5.91 Å². The number of aliphatic hydroxyl groups is 1. The Kier molecular flexibility index (Phi) is 7.40. The summed E-state index contributed by atoms with van der Waals surface area (Å²) in [6, 6.07) is 13.5. The Morgan fingerprint density at radius 2 is 1.76 bits per heavy atom. The lowest BCUT2D eigenvalue weighted by atomic mass is 9.46. The number of benzene rings is 2. The van der Waals surface area contributed by atoms with Crippen LogP contribution in [0.5, 0.6) is 0 Å². The molecule has 1 aliphatic heterocycles. The van der Waals surface area contributed by atoms with Gasteiger partial charge in [0.15, 0.2) is 6.29 Å². The number of aliphatic hydroxyl groups excluding tert-OH is 1. The Morgan fingerprint density at radius 3 is 2.49 bits per heavy atom. The van der Waals surface area contributed by atoms with Crippen molar-refractivity contribution in [3.05, 3.63) is 71.3 Å². The second kappa shape index (κ2) is 10.4. The van der Waals surface area contributed by atoms with Crippen LogP contribution in [0.25, 0.3) is 0 Å². The number of halogens is 2. The Hall–Kier alpha value is -2.35. The van der Waals surface area contributed by atoms with Crippen LogP contribution in [0.4, 0.5) is 8.78 Å². The van der Waals surface area contributed by atoms with Gasteiger partial charge in [0.2, 0.25) is 5.91 Å². The third kappa shape index (κ3) is 5.31. The highest BCUT2D eigenvalue weighted by atomic mass is 19.1. The first-order valence-corrected chi connectivity index (χ1v) is 13.4. The van der Waals surface area contributed by atoms with Crippen molar-refractivity contribution in [3.63, 3.8) is 0 Å². The van der Waals surface area contributed by atoms with Crippen LogP contribution in [-0.2, 0) is 27.2 Å². The molecule has 0 aromatic heterocycles. The zero-order valence-electron chi connectivity index (χ0n) is 21.6. The van der Waals surface area contributed by atoms with Crippen molar-refractivity contribution in [2.24, 2.45) is 22.7 Å². The van der Waals surface area contributed by atoms with Gasteiger partial charge in [0.05, 0.1) is 18.8 Å². The van der Waals surface area contributed by atoms with Crippen LogP contribution in [0.1, 0.15) is 57.1 Å². The normalized spacial score (nSPS) is 35.3. The second-order valence-electron chi connectivity index (χ2n) is 11.7. The summed E-state index contributed by atoms with van der Waals surface area (Å²) in [6.45, 7) is 5.08. The quantitative estimate of drug-likeness (QED) is 0.561. The number of ether oxygens (including phenoxy) is 2. The van der Waals surface area contributed by atoms with E-state index in [2.05, 4.69) is 31.3 Å². The summed E-state index contributed by atoms with van der Waals surface area (Å²) < 4.78 is 39.8. The average Bonchev–Trinajstić information content (AvgIpc) is 2.85. The maximum absolute atomic E-state index is 13.5. The number of rotatable bonds is 6. The first-order chi connectivity index (χ1) is 17.7. The molecule has 2 aromatic carbocycles. The largest absolute Gasteiger partial charge is 0.393 e. The van der Waals surface area contributed by atoms with Crippen molar-refractivity contribution < 1.29 is 28.2 Å². The Labute approximate surface area is 217 Å². The molecule has 2 aliphatic carbocycles. The highest BCUT2D eigenvalue weighted by molar-refractivity contribution is 5.76. The van der Waals surface area contributed by atoms with Gasteiger partial charge in [-0.15, -0.1) is 0 Å². The van der Waals surface area contributed by atoms with E-state index < -0.39 is 17.7 Å². The van der Waals surface area contributed by atoms with Crippen LogP contribution in [0, 0.1) is 34.3 Å². The fourth-order valence-corrected chi connectivity index (χ4v) is 7.39. The smallest absolute Gasteiger partial charge is 0.220 e. The maximum Gasteiger partial charge on any atom is 0.220 e. The summed E-state index contributed by atoms with van der Waals surface area (Å²) >= 11 is 0. The minimum Gasteiger partial charge on any atom is -0.393 e. The first-order valence-electron chi connectivity index (χ1n) is 13.4. The number of carbonyl (C=O) groups is 1. The third-order valence-electron chi connectivity index (χ3n) is 9.29. The molecule has 0 spiro atoms. The van der Waals surface area contributed by atoms with E-state index in [4.69, 9.17) is 9.47 Å². The lowest BCUT2D eigenvalue weighted by Gasteiger charge is -2.63. The molecule has 5 nitrogen and oxygen atoms in total. The number of amides is 1. The van der Waals surface area contributed by atoms with Gasteiger partial charge in [-0.3, -0.25) is 4.79 Å². The van der Waals surface area contributed by atoms with Crippen LogP contribution < -0.4 is 5.32 Å². The molecule has 2 N–H and O–H groups in total. The molecule has 0 radical (unpaired) electrons. The zero-order valence-corrected chi connectivity index (χ0v) is 21.6. The third-order valence-corrected chi connectivity index (χ3v) is 9.29. The fourth-order valence-electron chi connectivity index (χ4n) is 7.39. The van der Waals surface area contributed by atoms with Crippen molar-refractivity contribution in [3.8, 4) is 0 Å². The molecule has 2 aromatic rings. The van der Waals surface area contributed by atoms with E-state index in [-0.39, 0.29) is 53.9 Å². The Bertz CT molecular complexity index is 1090. The standard InChI is InChI=1S/C30H37F2NO4/c1-29-11-10-26-30(2,18-36-28(37-26)14-19-6-4-3-5-7-19)25(29)9-8-24(34)23(29)16-27(35)33-17-20-12-21(31)15-22(32)13-20/h3-7,12-13,15,23-26,28,34H,8-11,14,16-18H2,1-2H3,(H,33,35)/t23-,24-,25-,26-,28-,29+,30+/m1/s1. The Morgan fingerprint density at radius 1 is 1.03 bits per heavy atom. The van der Waals surface area contributed by atoms with Crippen molar-refractivity contribution in [1.82, 2.24) is 5.32 Å². The van der Waals surface area contributed by atoms with Crippen LogP contribution in [0.2, 0.25) is 0 Å². The van der Waals surface area contributed by atoms with Crippen LogP contribution in [-0.4, -0.2) is 36.1 Å². The summed E-state index contributed by atoms with van der Waals surface area (Å²) in [6.07, 6.45) is 3.32. The van der Waals surface area contributed by atoms with Gasteiger partial charge in [0, 0.05) is 30.9 Å². The van der Waals surface area contributed by atoms with E-state index in [0.29, 0.717) is 25.0 Å². The number of carbonyl (C=O) groups excluding carboxylic acids is 1. The van der Waals surface area contributed by atoms with Gasteiger partial charge in [-0.25, -0.2) is 8.78 Å². The topological polar surface area (TPSA) is 67.8 Å². The molecule has 0 bridgehead atoms. The van der Waals surface area contributed by atoms with Gasteiger partial charge in [-0.05, 0) is 66.2 Å². The fraction of sp³-hybridized carbons (Fsp3) is 0.567. The van der Waals surface area contributed by atoms with Gasteiger partial charge >= 0.3 is 0 Å². The van der Waals surface area contributed by atoms with Gasteiger partial charge in [0.25, 0.3) is 0 Å². The minimum atomic E-state index is -0.671. The molecule has 1 amide bonds. The number of nitrogens with one attached hydrogen (secondary N) is 1. The van der Waals surface area contributed by atoms with E-state index in [0.717, 1.165) is 25.3 Å². The van der Waals surface area contributed by atoms with Gasteiger partial charge < -0.3 is 19.9 Å². The maximum atomic E-state index is 13.5. The van der Waals surface area contributed by atoms with Gasteiger partial charge in [-0.1, -0.05) is 44.2 Å². The van der Waals surface area contributed by atoms with Crippen molar-refractivity contribution in [2.75, 3.05) is 6.61 Å². The molecule has 200 valence electrons. The van der Waals surface area contributed by atoms with Gasteiger partial charge in [0.1, 0.15) is 11.6 Å². The highest BCUT2D eigenvalue weighted by Crippen LogP contribution is 2.62.